The van der Waals surface area contributed by atoms with Crippen molar-refractivity contribution in [3.63, 3.8) is 0 Å². The first-order valence-electron chi connectivity index (χ1n) is 8.30. The van der Waals surface area contributed by atoms with Crippen LogP contribution < -0.4 is 10.1 Å². The van der Waals surface area contributed by atoms with Gasteiger partial charge >= 0.3 is 0 Å². The molecule has 0 amide bonds. The third-order valence-electron chi connectivity index (χ3n) is 4.24. The number of anilines is 1. The Bertz CT molecular complexity index is 1100. The summed E-state index contributed by atoms with van der Waals surface area (Å²) in [6.07, 6.45) is 3.21. The zero-order valence-corrected chi connectivity index (χ0v) is 14.8. The average Bonchev–Trinajstić information content (AvgIpc) is 2.73. The number of nitrogens with zero attached hydrogens (tertiary/aromatic N) is 4. The van der Waals surface area contributed by atoms with Gasteiger partial charge in [0.05, 0.1) is 19.5 Å². The van der Waals surface area contributed by atoms with Gasteiger partial charge in [-0.05, 0) is 41.5 Å². The topological polar surface area (TPSA) is 72.8 Å². The van der Waals surface area contributed by atoms with Gasteiger partial charge in [-0.3, -0.25) is 0 Å². The summed E-state index contributed by atoms with van der Waals surface area (Å²) in [7, 11) is 3.39. The molecule has 4 rings (SSSR count). The number of hydrogen-bond acceptors (Lipinski definition) is 6. The van der Waals surface area contributed by atoms with Crippen molar-refractivity contribution in [3.05, 3.63) is 60.7 Å². The second kappa shape index (κ2) is 6.95. The molecule has 0 aliphatic rings. The Kier molecular flexibility index (Phi) is 4.33. The SMILES string of the molecule is CNc1nc(-c2ccnnc2)nc2c(OC)cc(-c3ccc(F)cc3)cc12. The van der Waals surface area contributed by atoms with Crippen LogP contribution in [0.3, 0.4) is 0 Å². The average molecular weight is 361 g/mol. The fraction of sp³-hybridized carbons (Fsp3) is 0.100. The highest BCUT2D eigenvalue weighted by atomic mass is 19.1. The van der Waals surface area contributed by atoms with Gasteiger partial charge in [-0.1, -0.05) is 12.1 Å². The molecule has 6 nitrogen and oxygen atoms in total. The van der Waals surface area contributed by atoms with Crippen LogP contribution in [0.4, 0.5) is 10.2 Å². The van der Waals surface area contributed by atoms with Crippen LogP contribution >= 0.6 is 0 Å². The third kappa shape index (κ3) is 3.15. The second-order valence-electron chi connectivity index (χ2n) is 5.86. The minimum absolute atomic E-state index is 0.277. The van der Waals surface area contributed by atoms with Gasteiger partial charge in [-0.15, -0.1) is 0 Å². The Morgan fingerprint density at radius 2 is 1.74 bits per heavy atom. The maximum atomic E-state index is 13.3. The largest absolute Gasteiger partial charge is 0.494 e. The van der Waals surface area contributed by atoms with E-state index in [1.165, 1.54) is 12.1 Å². The van der Waals surface area contributed by atoms with Crippen molar-refractivity contribution in [2.45, 2.75) is 0 Å². The van der Waals surface area contributed by atoms with Crippen LogP contribution in [0.2, 0.25) is 0 Å². The van der Waals surface area contributed by atoms with Gasteiger partial charge in [0.2, 0.25) is 0 Å². The molecule has 0 spiro atoms. The second-order valence-corrected chi connectivity index (χ2v) is 5.86. The summed E-state index contributed by atoms with van der Waals surface area (Å²) in [4.78, 5) is 9.28. The molecule has 4 aromatic rings. The Labute approximate surface area is 155 Å². The summed E-state index contributed by atoms with van der Waals surface area (Å²) in [5, 5.41) is 11.6. The summed E-state index contributed by atoms with van der Waals surface area (Å²) in [6.45, 7) is 0. The lowest BCUT2D eigenvalue weighted by Crippen LogP contribution is -2.01. The van der Waals surface area contributed by atoms with Crippen molar-refractivity contribution >= 4 is 16.7 Å². The number of hydrogen-bond donors (Lipinski definition) is 1. The summed E-state index contributed by atoms with van der Waals surface area (Å²) in [6, 6.07) is 12.0. The van der Waals surface area contributed by atoms with Crippen molar-refractivity contribution < 1.29 is 9.13 Å². The van der Waals surface area contributed by atoms with Gasteiger partial charge in [-0.25, -0.2) is 14.4 Å². The fourth-order valence-corrected chi connectivity index (χ4v) is 2.91. The predicted octanol–water partition coefficient (Wildman–Crippen LogP) is 3.94. The van der Waals surface area contributed by atoms with Gasteiger partial charge < -0.3 is 10.1 Å². The molecule has 0 bridgehead atoms. The van der Waals surface area contributed by atoms with Gasteiger partial charge in [0, 0.05) is 18.0 Å². The molecule has 134 valence electrons. The normalized spacial score (nSPS) is 10.8. The van der Waals surface area contributed by atoms with Gasteiger partial charge in [-0.2, -0.15) is 10.2 Å². The van der Waals surface area contributed by atoms with E-state index in [2.05, 4.69) is 25.5 Å². The number of rotatable bonds is 4. The zero-order chi connectivity index (χ0) is 18.8. The minimum atomic E-state index is -0.277. The van der Waals surface area contributed by atoms with Gasteiger partial charge in [0.25, 0.3) is 0 Å². The number of nitrogens with one attached hydrogen (secondary N) is 1. The molecule has 0 aliphatic heterocycles. The van der Waals surface area contributed by atoms with E-state index in [0.717, 1.165) is 22.1 Å². The molecule has 27 heavy (non-hydrogen) atoms. The highest BCUT2D eigenvalue weighted by Crippen LogP contribution is 2.35. The molecule has 0 saturated carbocycles. The number of ether oxygens (including phenoxy) is 1. The molecule has 7 heteroatoms. The van der Waals surface area contributed by atoms with Crippen LogP contribution in [-0.4, -0.2) is 34.3 Å². The maximum Gasteiger partial charge on any atom is 0.163 e. The fourth-order valence-electron chi connectivity index (χ4n) is 2.91. The first-order valence-corrected chi connectivity index (χ1v) is 8.30. The maximum absolute atomic E-state index is 13.3. The van der Waals surface area contributed by atoms with Crippen LogP contribution in [0.1, 0.15) is 0 Å². The number of fused-ring (bicyclic) bond motifs is 1. The molecule has 0 saturated heterocycles. The first-order chi connectivity index (χ1) is 13.2. The quantitative estimate of drug-likeness (QED) is 0.593. The lowest BCUT2D eigenvalue weighted by atomic mass is 10.0. The first kappa shape index (κ1) is 16.8. The van der Waals surface area contributed by atoms with E-state index in [0.29, 0.717) is 22.9 Å². The summed E-state index contributed by atoms with van der Waals surface area (Å²) < 4.78 is 18.8. The minimum Gasteiger partial charge on any atom is -0.494 e. The van der Waals surface area contributed by atoms with Crippen molar-refractivity contribution in [1.29, 1.82) is 0 Å². The summed E-state index contributed by atoms with van der Waals surface area (Å²) >= 11 is 0. The van der Waals surface area contributed by atoms with Gasteiger partial charge in [0.1, 0.15) is 22.9 Å². The number of aromatic nitrogens is 4. The van der Waals surface area contributed by atoms with E-state index in [1.807, 2.05) is 12.1 Å². The molecule has 0 radical (unpaired) electrons. The highest BCUT2D eigenvalue weighted by Gasteiger charge is 2.15. The monoisotopic (exact) mass is 361 g/mol. The van der Waals surface area contributed by atoms with Crippen molar-refractivity contribution in [3.8, 4) is 28.3 Å². The zero-order valence-electron chi connectivity index (χ0n) is 14.8. The Hall–Kier alpha value is -3.61. The van der Waals surface area contributed by atoms with Crippen LogP contribution in [0.25, 0.3) is 33.4 Å². The van der Waals surface area contributed by atoms with Crippen LogP contribution in [0.5, 0.6) is 5.75 Å². The van der Waals surface area contributed by atoms with E-state index in [-0.39, 0.29) is 5.82 Å². The van der Waals surface area contributed by atoms with Crippen LogP contribution in [-0.2, 0) is 0 Å². The lowest BCUT2D eigenvalue weighted by molar-refractivity contribution is 0.419. The Balaban J connectivity index is 1.96. The molecule has 0 aliphatic carbocycles. The van der Waals surface area contributed by atoms with E-state index >= 15 is 0 Å². The lowest BCUT2D eigenvalue weighted by Gasteiger charge is -2.13. The molecule has 2 aromatic carbocycles. The number of methoxy groups -OCH3 is 1. The number of halogens is 1. The summed E-state index contributed by atoms with van der Waals surface area (Å²) in [5.41, 5.74) is 3.20. The van der Waals surface area contributed by atoms with Crippen molar-refractivity contribution in [1.82, 2.24) is 20.2 Å². The Morgan fingerprint density at radius 3 is 2.41 bits per heavy atom. The number of benzene rings is 2. The standard InChI is InChI=1S/C20H16FN5O/c1-22-20-16-9-14(12-3-5-15(21)6-4-12)10-17(27-2)18(16)25-19(26-20)13-7-8-23-24-11-13/h3-11H,1-2H3,(H,22,25,26). The molecule has 1 N–H and O–H groups in total. The van der Waals surface area contributed by atoms with E-state index < -0.39 is 0 Å². The molecular weight excluding hydrogens is 345 g/mol. The van der Waals surface area contributed by atoms with Crippen LogP contribution in [0.15, 0.2) is 54.9 Å². The molecule has 0 fully saturated rings. The molecular formula is C20H16FN5O. The van der Waals surface area contributed by atoms with Gasteiger partial charge in [0.15, 0.2) is 5.82 Å². The van der Waals surface area contributed by atoms with Crippen molar-refractivity contribution in [2.75, 3.05) is 19.5 Å². The smallest absolute Gasteiger partial charge is 0.163 e. The van der Waals surface area contributed by atoms with E-state index in [4.69, 9.17) is 4.74 Å². The van der Waals surface area contributed by atoms with E-state index in [9.17, 15) is 4.39 Å². The Morgan fingerprint density at radius 1 is 0.926 bits per heavy atom. The third-order valence-corrected chi connectivity index (χ3v) is 4.24. The molecule has 0 atom stereocenters. The molecule has 2 aromatic heterocycles. The molecule has 2 heterocycles. The summed E-state index contributed by atoms with van der Waals surface area (Å²) in [5.74, 6) is 1.51. The highest BCUT2D eigenvalue weighted by molar-refractivity contribution is 5.97. The molecule has 0 unspecified atom stereocenters. The van der Waals surface area contributed by atoms with E-state index in [1.54, 1.807) is 44.8 Å². The van der Waals surface area contributed by atoms with Crippen LogP contribution in [0, 0.1) is 5.82 Å². The predicted molar refractivity (Wildman–Crippen MR) is 102 cm³/mol. The van der Waals surface area contributed by atoms with Crippen molar-refractivity contribution in [2.24, 2.45) is 0 Å².